The smallest absolute Gasteiger partial charge is 0.257 e. The van der Waals surface area contributed by atoms with Crippen molar-refractivity contribution in [3.63, 3.8) is 0 Å². The van der Waals surface area contributed by atoms with E-state index in [2.05, 4.69) is 15.6 Å². The first kappa shape index (κ1) is 18.4. The van der Waals surface area contributed by atoms with E-state index < -0.39 is 0 Å². The van der Waals surface area contributed by atoms with Gasteiger partial charge in [-0.1, -0.05) is 29.8 Å². The minimum absolute atomic E-state index is 0.248. The van der Waals surface area contributed by atoms with E-state index in [4.69, 9.17) is 11.6 Å². The van der Waals surface area contributed by atoms with Gasteiger partial charge in [0.05, 0.1) is 5.56 Å². The summed E-state index contributed by atoms with van der Waals surface area (Å²) in [6.07, 6.45) is 6.17. The molecule has 0 bridgehead atoms. The molecule has 0 aliphatic rings. The second-order valence-electron chi connectivity index (χ2n) is 5.62. The maximum atomic E-state index is 12.1. The van der Waals surface area contributed by atoms with Crippen molar-refractivity contribution in [2.45, 2.75) is 0 Å². The second-order valence-corrected chi connectivity index (χ2v) is 6.02. The van der Waals surface area contributed by atoms with Crippen LogP contribution in [0.4, 0.5) is 11.4 Å². The van der Waals surface area contributed by atoms with E-state index in [0.29, 0.717) is 22.0 Å². The molecule has 1 heterocycles. The van der Waals surface area contributed by atoms with E-state index in [1.54, 1.807) is 54.7 Å². The first-order valence-electron chi connectivity index (χ1n) is 8.17. The van der Waals surface area contributed by atoms with Gasteiger partial charge in [-0.25, -0.2) is 0 Å². The highest BCUT2D eigenvalue weighted by Gasteiger charge is 2.06. The Balaban J connectivity index is 1.58. The summed E-state index contributed by atoms with van der Waals surface area (Å²) in [5.41, 5.74) is 2.47. The van der Waals surface area contributed by atoms with Gasteiger partial charge in [0.25, 0.3) is 5.91 Å². The zero-order chi connectivity index (χ0) is 19.1. The first-order valence-corrected chi connectivity index (χ1v) is 8.55. The normalized spacial score (nSPS) is 10.6. The summed E-state index contributed by atoms with van der Waals surface area (Å²) < 4.78 is 0. The monoisotopic (exact) mass is 377 g/mol. The molecule has 2 N–H and O–H groups in total. The van der Waals surface area contributed by atoms with Gasteiger partial charge in [0, 0.05) is 34.9 Å². The molecule has 0 saturated heterocycles. The van der Waals surface area contributed by atoms with Crippen LogP contribution in [-0.4, -0.2) is 16.8 Å². The number of carbonyl (C=O) groups is 2. The molecular formula is C21H16ClN3O2. The third-order valence-electron chi connectivity index (χ3n) is 3.65. The van der Waals surface area contributed by atoms with Crippen molar-refractivity contribution in [2.24, 2.45) is 0 Å². The molecule has 6 heteroatoms. The molecule has 2 amide bonds. The molecule has 1 aromatic heterocycles. The summed E-state index contributed by atoms with van der Waals surface area (Å²) in [5, 5.41) is 6.10. The van der Waals surface area contributed by atoms with Crippen molar-refractivity contribution < 1.29 is 9.59 Å². The number of nitrogens with zero attached hydrogens (tertiary/aromatic N) is 1. The van der Waals surface area contributed by atoms with Gasteiger partial charge < -0.3 is 10.6 Å². The number of carbonyl (C=O) groups excluding carboxylic acids is 2. The summed E-state index contributed by atoms with van der Waals surface area (Å²) in [6, 6.07) is 17.5. The minimum Gasteiger partial charge on any atom is -0.323 e. The Morgan fingerprint density at radius 1 is 0.889 bits per heavy atom. The van der Waals surface area contributed by atoms with Crippen LogP contribution in [0.1, 0.15) is 15.9 Å². The predicted octanol–water partition coefficient (Wildman–Crippen LogP) is 4.64. The zero-order valence-electron chi connectivity index (χ0n) is 14.2. The lowest BCUT2D eigenvalue weighted by Gasteiger charge is -2.07. The third kappa shape index (κ3) is 5.26. The van der Waals surface area contributed by atoms with Gasteiger partial charge in [0.2, 0.25) is 5.91 Å². The van der Waals surface area contributed by atoms with E-state index >= 15 is 0 Å². The SMILES string of the molecule is O=C(/C=C/c1ccccc1Cl)Nc1ccc(NC(=O)c2cccnc2)cc1. The van der Waals surface area contributed by atoms with Crippen molar-refractivity contribution in [3.8, 4) is 0 Å². The Morgan fingerprint density at radius 3 is 2.26 bits per heavy atom. The minimum atomic E-state index is -0.276. The summed E-state index contributed by atoms with van der Waals surface area (Å²) in [4.78, 5) is 28.0. The Kier molecular flexibility index (Phi) is 5.97. The number of halogens is 1. The fourth-order valence-corrected chi connectivity index (χ4v) is 2.50. The molecule has 5 nitrogen and oxygen atoms in total. The van der Waals surface area contributed by atoms with Crippen LogP contribution in [0.25, 0.3) is 6.08 Å². The Labute approximate surface area is 161 Å². The predicted molar refractivity (Wildman–Crippen MR) is 108 cm³/mol. The number of nitrogens with one attached hydrogen (secondary N) is 2. The van der Waals surface area contributed by atoms with Gasteiger partial charge in [-0.15, -0.1) is 0 Å². The molecule has 3 rings (SSSR count). The van der Waals surface area contributed by atoms with Crippen molar-refractivity contribution in [3.05, 3.63) is 95.3 Å². The quantitative estimate of drug-likeness (QED) is 0.636. The fraction of sp³-hybridized carbons (Fsp3) is 0. The van der Waals surface area contributed by atoms with Crippen molar-refractivity contribution in [1.29, 1.82) is 0 Å². The third-order valence-corrected chi connectivity index (χ3v) is 4.00. The molecular weight excluding hydrogens is 362 g/mol. The van der Waals surface area contributed by atoms with Gasteiger partial charge >= 0.3 is 0 Å². The van der Waals surface area contributed by atoms with E-state index in [1.165, 1.54) is 12.3 Å². The highest BCUT2D eigenvalue weighted by molar-refractivity contribution is 6.32. The largest absolute Gasteiger partial charge is 0.323 e. The highest BCUT2D eigenvalue weighted by atomic mass is 35.5. The molecule has 0 aliphatic carbocycles. The van der Waals surface area contributed by atoms with Crippen molar-refractivity contribution >= 4 is 40.9 Å². The molecule has 0 aliphatic heterocycles. The first-order chi connectivity index (χ1) is 13.1. The number of aromatic nitrogens is 1. The van der Waals surface area contributed by atoms with Gasteiger partial charge in [-0.2, -0.15) is 0 Å². The molecule has 134 valence electrons. The molecule has 0 unspecified atom stereocenters. The number of pyridine rings is 1. The van der Waals surface area contributed by atoms with E-state index in [0.717, 1.165) is 5.56 Å². The van der Waals surface area contributed by atoms with E-state index in [9.17, 15) is 9.59 Å². The molecule has 2 aromatic carbocycles. The lowest BCUT2D eigenvalue weighted by atomic mass is 10.2. The van der Waals surface area contributed by atoms with Gasteiger partial charge in [0.15, 0.2) is 0 Å². The molecule has 27 heavy (non-hydrogen) atoms. The molecule has 0 spiro atoms. The van der Waals surface area contributed by atoms with Gasteiger partial charge in [0.1, 0.15) is 0 Å². The number of amides is 2. The van der Waals surface area contributed by atoms with Crippen LogP contribution < -0.4 is 10.6 Å². The Hall–Kier alpha value is -3.44. The van der Waals surface area contributed by atoms with Gasteiger partial charge in [-0.05, 0) is 54.1 Å². The lowest BCUT2D eigenvalue weighted by molar-refractivity contribution is -0.111. The lowest BCUT2D eigenvalue weighted by Crippen LogP contribution is -2.12. The molecule has 0 atom stereocenters. The summed E-state index contributed by atoms with van der Waals surface area (Å²) in [5.74, 6) is -0.523. The Bertz CT molecular complexity index is 970. The number of hydrogen-bond acceptors (Lipinski definition) is 3. The molecule has 0 saturated carbocycles. The summed E-state index contributed by atoms with van der Waals surface area (Å²) in [6.45, 7) is 0. The zero-order valence-corrected chi connectivity index (χ0v) is 15.0. The van der Waals surface area contributed by atoms with Crippen molar-refractivity contribution in [2.75, 3.05) is 10.6 Å². The van der Waals surface area contributed by atoms with E-state index in [-0.39, 0.29) is 11.8 Å². The van der Waals surface area contributed by atoms with Crippen LogP contribution in [0.5, 0.6) is 0 Å². The van der Waals surface area contributed by atoms with Crippen LogP contribution in [0, 0.1) is 0 Å². The second kappa shape index (κ2) is 8.78. The number of hydrogen-bond donors (Lipinski definition) is 2. The van der Waals surface area contributed by atoms with Gasteiger partial charge in [-0.3, -0.25) is 14.6 Å². The average molecular weight is 378 g/mol. The molecule has 0 fully saturated rings. The van der Waals surface area contributed by atoms with Crippen LogP contribution >= 0.6 is 11.6 Å². The van der Waals surface area contributed by atoms with Crippen LogP contribution in [0.2, 0.25) is 5.02 Å². The maximum absolute atomic E-state index is 12.1. The number of anilines is 2. The summed E-state index contributed by atoms with van der Waals surface area (Å²) >= 11 is 6.05. The van der Waals surface area contributed by atoms with Crippen LogP contribution in [-0.2, 0) is 4.79 Å². The van der Waals surface area contributed by atoms with E-state index in [1.807, 2.05) is 18.2 Å². The summed E-state index contributed by atoms with van der Waals surface area (Å²) in [7, 11) is 0. The Morgan fingerprint density at radius 2 is 1.59 bits per heavy atom. The topological polar surface area (TPSA) is 71.1 Å². The standard InChI is InChI=1S/C21H16ClN3O2/c22-19-6-2-1-4-15(19)7-12-20(26)24-17-8-10-18(11-9-17)25-21(27)16-5-3-13-23-14-16/h1-14H,(H,24,26)(H,25,27)/b12-7+. The molecule has 3 aromatic rings. The average Bonchev–Trinajstić information content (AvgIpc) is 2.69. The number of rotatable bonds is 5. The maximum Gasteiger partial charge on any atom is 0.257 e. The number of benzene rings is 2. The van der Waals surface area contributed by atoms with Crippen molar-refractivity contribution in [1.82, 2.24) is 4.98 Å². The molecule has 0 radical (unpaired) electrons. The fourth-order valence-electron chi connectivity index (χ4n) is 2.30. The highest BCUT2D eigenvalue weighted by Crippen LogP contribution is 2.17. The van der Waals surface area contributed by atoms with Crippen LogP contribution in [0.15, 0.2) is 79.1 Å². The van der Waals surface area contributed by atoms with Crippen LogP contribution in [0.3, 0.4) is 0 Å².